The summed E-state index contributed by atoms with van der Waals surface area (Å²) in [6.07, 6.45) is 2.91. The molecule has 0 amide bonds. The lowest BCUT2D eigenvalue weighted by atomic mass is 9.70. The molecule has 254 valence electrons. The second-order valence-electron chi connectivity index (χ2n) is 13.0. The standard InChI is InChI=1S/C16H17F3N4S.C15H17BrF3N3S/c17-16(18,19)9-23-12-1-2-13(23)5-15(4-12,14(21)24)11-3-10(6-20)7-22-8-11;16-10-3-9(6-21-7-10)14(13(20)23)4-11-1-2-12(5-14)22(11)8-15(17,18)19/h3,7-8,12-13H,1-2,4-5,9H2,(H2,21,24);3,6-7,11-12H,1-2,4-5,8H2,(H2,20,23)/t12-,13+,15?;11-,12+,14?. The number of pyridine rings is 2. The van der Waals surface area contributed by atoms with Crippen molar-refractivity contribution in [2.75, 3.05) is 13.1 Å². The normalized spacial score (nSPS) is 30.7. The van der Waals surface area contributed by atoms with Crippen LogP contribution in [-0.4, -0.2) is 79.4 Å². The van der Waals surface area contributed by atoms with E-state index < -0.39 is 36.3 Å². The van der Waals surface area contributed by atoms with E-state index in [1.807, 2.05) is 12.1 Å². The predicted octanol–water partition coefficient (Wildman–Crippen LogP) is 6.22. The van der Waals surface area contributed by atoms with Crippen LogP contribution in [0.25, 0.3) is 0 Å². The lowest BCUT2D eigenvalue weighted by molar-refractivity contribution is -0.157. The van der Waals surface area contributed by atoms with Gasteiger partial charge in [-0.05, 0) is 90.6 Å². The Morgan fingerprint density at radius 1 is 0.766 bits per heavy atom. The molecule has 0 aromatic carbocycles. The van der Waals surface area contributed by atoms with E-state index in [0.29, 0.717) is 49.1 Å². The summed E-state index contributed by atoms with van der Waals surface area (Å²) in [6, 6.07) is 4.95. The largest absolute Gasteiger partial charge is 0.401 e. The van der Waals surface area contributed by atoms with Gasteiger partial charge in [-0.25, -0.2) is 0 Å². The van der Waals surface area contributed by atoms with Gasteiger partial charge in [-0.1, -0.05) is 24.4 Å². The maximum atomic E-state index is 12.8. The van der Waals surface area contributed by atoms with Gasteiger partial charge in [-0.15, -0.1) is 0 Å². The van der Waals surface area contributed by atoms with Gasteiger partial charge in [0.2, 0.25) is 0 Å². The van der Waals surface area contributed by atoms with Crippen LogP contribution in [0.1, 0.15) is 68.1 Å². The summed E-state index contributed by atoms with van der Waals surface area (Å²) in [6.45, 7) is -1.75. The summed E-state index contributed by atoms with van der Waals surface area (Å²) in [5.74, 6) is 0. The molecule has 0 saturated carbocycles. The van der Waals surface area contributed by atoms with Gasteiger partial charge in [-0.2, -0.15) is 31.6 Å². The van der Waals surface area contributed by atoms with Crippen LogP contribution in [0.4, 0.5) is 26.3 Å². The van der Waals surface area contributed by atoms with Crippen molar-refractivity contribution in [1.82, 2.24) is 19.8 Å². The number of hydrogen-bond acceptors (Lipinski definition) is 7. The van der Waals surface area contributed by atoms with Gasteiger partial charge in [0.25, 0.3) is 0 Å². The summed E-state index contributed by atoms with van der Waals surface area (Å²) in [4.78, 5) is 12.0. The number of nitrogens with two attached hydrogens (primary N) is 2. The Hall–Kier alpha value is -2.45. The number of rotatable bonds is 6. The first-order chi connectivity index (χ1) is 22.0. The first kappa shape index (κ1) is 35.8. The summed E-state index contributed by atoms with van der Waals surface area (Å²) in [7, 11) is 0. The van der Waals surface area contributed by atoms with Crippen molar-refractivity contribution in [3.8, 4) is 6.07 Å². The predicted molar refractivity (Wildman–Crippen MR) is 175 cm³/mol. The topological polar surface area (TPSA) is 108 Å². The summed E-state index contributed by atoms with van der Waals surface area (Å²) in [5.41, 5.74) is 12.8. The minimum Gasteiger partial charge on any atom is -0.393 e. The molecule has 47 heavy (non-hydrogen) atoms. The van der Waals surface area contributed by atoms with Crippen LogP contribution in [0.3, 0.4) is 0 Å². The van der Waals surface area contributed by atoms with Crippen molar-refractivity contribution in [3.63, 3.8) is 0 Å². The van der Waals surface area contributed by atoms with Crippen LogP contribution in [0.2, 0.25) is 0 Å². The van der Waals surface area contributed by atoms with E-state index in [0.717, 1.165) is 28.4 Å². The molecule has 4 bridgehead atoms. The van der Waals surface area contributed by atoms with Crippen molar-refractivity contribution in [2.24, 2.45) is 11.5 Å². The monoisotopic (exact) mass is 761 g/mol. The molecule has 7 nitrogen and oxygen atoms in total. The molecule has 2 aromatic rings. The zero-order valence-electron chi connectivity index (χ0n) is 25.2. The van der Waals surface area contributed by atoms with Crippen molar-refractivity contribution in [1.29, 1.82) is 5.26 Å². The Morgan fingerprint density at radius 3 is 1.49 bits per heavy atom. The van der Waals surface area contributed by atoms with Gasteiger partial charge in [0.1, 0.15) is 6.07 Å². The number of hydrogen-bond donors (Lipinski definition) is 2. The van der Waals surface area contributed by atoms with E-state index >= 15 is 0 Å². The molecule has 0 aliphatic carbocycles. The zero-order chi connectivity index (χ0) is 34.4. The quantitative estimate of drug-likeness (QED) is 0.262. The maximum absolute atomic E-state index is 12.8. The van der Waals surface area contributed by atoms with Crippen molar-refractivity contribution < 1.29 is 26.3 Å². The second kappa shape index (κ2) is 13.5. The molecular weight excluding hydrogens is 728 g/mol. The van der Waals surface area contributed by atoms with E-state index in [2.05, 4.69) is 25.9 Å². The highest BCUT2D eigenvalue weighted by Gasteiger charge is 2.54. The van der Waals surface area contributed by atoms with Crippen LogP contribution in [0, 0.1) is 11.3 Å². The summed E-state index contributed by atoms with van der Waals surface area (Å²) < 4.78 is 77.9. The number of thiocarbonyl (C=S) groups is 2. The molecule has 4 aliphatic rings. The van der Waals surface area contributed by atoms with Gasteiger partial charge in [0.05, 0.1) is 28.6 Å². The molecule has 4 saturated heterocycles. The number of alkyl halides is 6. The molecule has 4 aliphatic heterocycles. The molecule has 4 N–H and O–H groups in total. The fourth-order valence-corrected chi connectivity index (χ4v) is 9.14. The van der Waals surface area contributed by atoms with Gasteiger partial charge in [0, 0.05) is 64.3 Å². The number of nitriles is 1. The van der Waals surface area contributed by atoms with Gasteiger partial charge < -0.3 is 11.5 Å². The van der Waals surface area contributed by atoms with Gasteiger partial charge in [-0.3, -0.25) is 19.8 Å². The highest BCUT2D eigenvalue weighted by atomic mass is 79.9. The molecule has 4 fully saturated rings. The van der Waals surface area contributed by atoms with Gasteiger partial charge >= 0.3 is 12.4 Å². The third-order valence-corrected chi connectivity index (χ3v) is 11.4. The third-order valence-electron chi connectivity index (χ3n) is 10.2. The molecule has 2 aromatic heterocycles. The van der Waals surface area contributed by atoms with Crippen molar-refractivity contribution >= 4 is 50.3 Å². The number of piperidine rings is 2. The summed E-state index contributed by atoms with van der Waals surface area (Å²) in [5, 5.41) is 9.08. The second-order valence-corrected chi connectivity index (χ2v) is 14.8. The van der Waals surface area contributed by atoms with Crippen LogP contribution in [0.15, 0.2) is 41.4 Å². The van der Waals surface area contributed by atoms with E-state index in [-0.39, 0.29) is 29.2 Å². The first-order valence-electron chi connectivity index (χ1n) is 15.2. The SMILES string of the molecule is N#Cc1cncc(C2(C(N)=S)C[C@H]3CC[C@@H](C2)N3CC(F)(F)F)c1.NC(=S)C1(c2cncc(Br)c2)C[C@H]2CC[C@@H](C1)N2CC(F)(F)F. The first-order valence-corrected chi connectivity index (χ1v) is 16.8. The van der Waals surface area contributed by atoms with Crippen LogP contribution in [-0.2, 0) is 10.8 Å². The molecular formula is C31H34BrF6N7S2. The van der Waals surface area contributed by atoms with E-state index in [9.17, 15) is 26.3 Å². The van der Waals surface area contributed by atoms with E-state index in [1.165, 1.54) is 11.1 Å². The number of halogens is 7. The molecule has 6 atom stereocenters. The Balaban J connectivity index is 0.000000185. The average Bonchev–Trinajstić information content (AvgIpc) is 3.34. The molecule has 6 heterocycles. The van der Waals surface area contributed by atoms with Crippen LogP contribution in [0.5, 0.6) is 0 Å². The number of fused-ring (bicyclic) bond motifs is 4. The smallest absolute Gasteiger partial charge is 0.393 e. The molecule has 2 unspecified atom stereocenters. The van der Waals surface area contributed by atoms with Crippen LogP contribution >= 0.6 is 40.4 Å². The fraction of sp³-hybridized carbons (Fsp3) is 0.581. The lowest BCUT2D eigenvalue weighted by Gasteiger charge is -2.46. The number of nitrogens with zero attached hydrogens (tertiary/aromatic N) is 5. The molecule has 16 heteroatoms. The Bertz CT molecular complexity index is 1520. The fourth-order valence-electron chi connectivity index (χ4n) is 8.21. The van der Waals surface area contributed by atoms with Crippen LogP contribution < -0.4 is 11.5 Å². The number of aromatic nitrogens is 2. The summed E-state index contributed by atoms with van der Waals surface area (Å²) >= 11 is 14.0. The van der Waals surface area contributed by atoms with Crippen molar-refractivity contribution in [2.45, 2.75) is 98.7 Å². The highest BCUT2D eigenvalue weighted by Crippen LogP contribution is 2.49. The Morgan fingerprint density at radius 2 is 1.15 bits per heavy atom. The zero-order valence-corrected chi connectivity index (χ0v) is 28.4. The van der Waals surface area contributed by atoms with E-state index in [4.69, 9.17) is 41.2 Å². The highest BCUT2D eigenvalue weighted by molar-refractivity contribution is 9.10. The Labute approximate surface area is 288 Å². The maximum Gasteiger partial charge on any atom is 0.401 e. The third kappa shape index (κ3) is 7.59. The van der Waals surface area contributed by atoms with Gasteiger partial charge in [0.15, 0.2) is 0 Å². The average molecular weight is 763 g/mol. The van der Waals surface area contributed by atoms with E-state index in [1.54, 1.807) is 29.6 Å². The minimum atomic E-state index is -4.22. The molecule has 6 rings (SSSR count). The Kier molecular flexibility index (Phi) is 10.3. The molecule has 0 radical (unpaired) electrons. The minimum absolute atomic E-state index is 0.143. The molecule has 0 spiro atoms. The lowest BCUT2D eigenvalue weighted by Crippen LogP contribution is -2.56. The van der Waals surface area contributed by atoms with Crippen molar-refractivity contribution in [3.05, 3.63) is 58.1 Å².